The molecule has 1 saturated heterocycles. The molecule has 0 spiro atoms. The zero-order chi connectivity index (χ0) is 15.5. The Morgan fingerprint density at radius 2 is 1.60 bits per heavy atom. The van der Waals surface area contributed by atoms with E-state index in [-0.39, 0.29) is 15.4 Å². The van der Waals surface area contributed by atoms with E-state index in [9.17, 15) is 0 Å². The lowest BCUT2D eigenvalue weighted by Crippen LogP contribution is -2.49. The maximum Gasteiger partial charge on any atom is 0.00321 e. The minimum Gasteiger partial charge on any atom is -0.306 e. The molecule has 0 aromatic heterocycles. The average Bonchev–Trinajstić information content (AvgIpc) is 2.32. The third-order valence-electron chi connectivity index (χ3n) is 5.46. The molecular weight excluding hydrogens is 280 g/mol. The molecule has 120 valence electrons. The van der Waals surface area contributed by atoms with E-state index in [1.54, 1.807) is 0 Å². The second kappa shape index (κ2) is 7.89. The molecule has 0 aromatic rings. The van der Waals surface area contributed by atoms with Crippen LogP contribution in [0.25, 0.3) is 0 Å². The lowest BCUT2D eigenvalue weighted by atomic mass is 9.68. The monoisotopic (exact) mass is 317 g/mol. The van der Waals surface area contributed by atoms with Crippen LogP contribution in [0.5, 0.6) is 0 Å². The third kappa shape index (κ3) is 3.42. The van der Waals surface area contributed by atoms with Crippen LogP contribution in [0.3, 0.4) is 0 Å². The summed E-state index contributed by atoms with van der Waals surface area (Å²) in [4.78, 5) is 0. The van der Waals surface area contributed by atoms with Crippen molar-refractivity contribution in [3.05, 3.63) is 0 Å². The van der Waals surface area contributed by atoms with Crippen LogP contribution in [0, 0.1) is 23.7 Å². The molecule has 0 bridgehead atoms. The molecule has 3 heteroatoms. The Labute approximate surface area is 130 Å². The lowest BCUT2D eigenvalue weighted by Gasteiger charge is -2.56. The minimum atomic E-state index is -0.238. The average molecular weight is 317 g/mol. The maximum absolute atomic E-state index is 6.77. The van der Waals surface area contributed by atoms with Crippen molar-refractivity contribution < 1.29 is 0 Å². The van der Waals surface area contributed by atoms with Crippen molar-refractivity contribution in [1.82, 2.24) is 0 Å². The first-order valence-electron chi connectivity index (χ1n) is 8.59. The Hall–Kier alpha value is 0.820. The van der Waals surface area contributed by atoms with Crippen LogP contribution in [0.1, 0.15) is 67.7 Å². The fourth-order valence-corrected chi connectivity index (χ4v) is 14.4. The van der Waals surface area contributed by atoms with Crippen molar-refractivity contribution in [2.75, 3.05) is 12.3 Å². The SMILES string of the molecule is CCP1P(N)CCCCC(C(C)C)C1(C(C)C)C(C)C. The van der Waals surface area contributed by atoms with Gasteiger partial charge in [-0.3, -0.25) is 0 Å². The Morgan fingerprint density at radius 3 is 2.00 bits per heavy atom. The summed E-state index contributed by atoms with van der Waals surface area (Å²) in [5.74, 6) is 3.17. The lowest BCUT2D eigenvalue weighted by molar-refractivity contribution is 0.163. The Kier molecular flexibility index (Phi) is 7.45. The minimum absolute atomic E-state index is 0.0302. The summed E-state index contributed by atoms with van der Waals surface area (Å²) in [7, 11) is -0.268. The van der Waals surface area contributed by atoms with Gasteiger partial charge in [-0.05, 0) is 56.6 Å². The standard InChI is InChI=1S/C17H37NP2/c1-8-19-17(14(4)5,15(6)7)16(13(2)3)11-9-10-12-20(19)18/h13-16H,8-12,18H2,1-7H3. The first-order valence-corrected chi connectivity index (χ1v) is 12.4. The molecule has 0 radical (unpaired) electrons. The molecule has 1 heterocycles. The normalized spacial score (nSPS) is 31.6. The quantitative estimate of drug-likeness (QED) is 0.608. The van der Waals surface area contributed by atoms with Crippen molar-refractivity contribution in [3.63, 3.8) is 0 Å². The molecule has 3 unspecified atom stereocenters. The molecule has 3 atom stereocenters. The summed E-state index contributed by atoms with van der Waals surface area (Å²) in [6, 6.07) is 0. The highest BCUT2D eigenvalue weighted by atomic mass is 32.1. The highest BCUT2D eigenvalue weighted by molar-refractivity contribution is 8.29. The second-order valence-electron chi connectivity index (χ2n) is 7.42. The molecular formula is C17H37NP2. The number of nitrogens with two attached hydrogens (primary N) is 1. The predicted molar refractivity (Wildman–Crippen MR) is 98.0 cm³/mol. The van der Waals surface area contributed by atoms with Crippen LogP contribution in [-0.2, 0) is 0 Å². The summed E-state index contributed by atoms with van der Waals surface area (Å²) in [6.45, 7) is 17.2. The molecule has 0 saturated carbocycles. The molecule has 1 aliphatic rings. The van der Waals surface area contributed by atoms with E-state index in [1.807, 2.05) is 0 Å². The second-order valence-corrected chi connectivity index (χ2v) is 13.9. The van der Waals surface area contributed by atoms with Crippen LogP contribution in [-0.4, -0.2) is 17.5 Å². The van der Waals surface area contributed by atoms with E-state index in [2.05, 4.69) is 48.5 Å². The predicted octanol–water partition coefficient (Wildman–Crippen LogP) is 6.27. The van der Waals surface area contributed by atoms with Gasteiger partial charge in [0.1, 0.15) is 0 Å². The van der Waals surface area contributed by atoms with E-state index in [0.29, 0.717) is 5.16 Å². The van der Waals surface area contributed by atoms with Crippen LogP contribution in [0.15, 0.2) is 0 Å². The summed E-state index contributed by atoms with van der Waals surface area (Å²) in [5, 5.41) is 0.499. The topological polar surface area (TPSA) is 26.0 Å². The van der Waals surface area contributed by atoms with E-state index in [0.717, 1.165) is 23.7 Å². The van der Waals surface area contributed by atoms with Crippen LogP contribution in [0.4, 0.5) is 0 Å². The Balaban J connectivity index is 3.38. The van der Waals surface area contributed by atoms with Crippen molar-refractivity contribution in [2.45, 2.75) is 72.9 Å². The van der Waals surface area contributed by atoms with Gasteiger partial charge in [-0.15, -0.1) is 0 Å². The van der Waals surface area contributed by atoms with E-state index in [1.165, 1.54) is 31.6 Å². The molecule has 1 rings (SSSR count). The largest absolute Gasteiger partial charge is 0.306 e. The molecule has 20 heavy (non-hydrogen) atoms. The van der Waals surface area contributed by atoms with Crippen LogP contribution in [0.2, 0.25) is 0 Å². The molecule has 2 N–H and O–H groups in total. The van der Waals surface area contributed by atoms with E-state index >= 15 is 0 Å². The van der Waals surface area contributed by atoms with Gasteiger partial charge in [-0.1, -0.05) is 62.5 Å². The maximum atomic E-state index is 6.77. The molecule has 0 amide bonds. The van der Waals surface area contributed by atoms with Gasteiger partial charge >= 0.3 is 0 Å². The van der Waals surface area contributed by atoms with Gasteiger partial charge in [0, 0.05) is 5.16 Å². The number of rotatable bonds is 4. The summed E-state index contributed by atoms with van der Waals surface area (Å²) >= 11 is 0. The van der Waals surface area contributed by atoms with Crippen LogP contribution >= 0.6 is 15.4 Å². The van der Waals surface area contributed by atoms with Gasteiger partial charge in [-0.25, -0.2) is 0 Å². The first-order chi connectivity index (χ1) is 9.29. The fourth-order valence-electron chi connectivity index (χ4n) is 4.85. The third-order valence-corrected chi connectivity index (χ3v) is 14.1. The van der Waals surface area contributed by atoms with Gasteiger partial charge < -0.3 is 5.50 Å². The van der Waals surface area contributed by atoms with Crippen molar-refractivity contribution in [2.24, 2.45) is 29.2 Å². The first kappa shape index (κ1) is 18.9. The highest BCUT2D eigenvalue weighted by Crippen LogP contribution is 2.78. The molecule has 1 nitrogen and oxygen atoms in total. The van der Waals surface area contributed by atoms with Gasteiger partial charge in [0.15, 0.2) is 0 Å². The van der Waals surface area contributed by atoms with E-state index in [4.69, 9.17) is 5.50 Å². The van der Waals surface area contributed by atoms with Crippen molar-refractivity contribution in [1.29, 1.82) is 0 Å². The highest BCUT2D eigenvalue weighted by Gasteiger charge is 2.51. The Bertz CT molecular complexity index is 277. The number of hydrogen-bond acceptors (Lipinski definition) is 1. The van der Waals surface area contributed by atoms with Crippen molar-refractivity contribution in [3.8, 4) is 0 Å². The zero-order valence-electron chi connectivity index (χ0n) is 14.8. The molecule has 0 aromatic carbocycles. The van der Waals surface area contributed by atoms with Gasteiger partial charge in [0.2, 0.25) is 0 Å². The molecule has 1 fully saturated rings. The van der Waals surface area contributed by atoms with Gasteiger partial charge in [0.05, 0.1) is 0 Å². The molecule has 0 aliphatic carbocycles. The van der Waals surface area contributed by atoms with E-state index < -0.39 is 0 Å². The van der Waals surface area contributed by atoms with Gasteiger partial charge in [0.25, 0.3) is 0 Å². The fraction of sp³-hybridized carbons (Fsp3) is 1.00. The zero-order valence-corrected chi connectivity index (χ0v) is 16.6. The van der Waals surface area contributed by atoms with Gasteiger partial charge in [-0.2, -0.15) is 0 Å². The van der Waals surface area contributed by atoms with Crippen molar-refractivity contribution >= 4 is 15.4 Å². The smallest absolute Gasteiger partial charge is 0.00321 e. The summed E-state index contributed by atoms with van der Waals surface area (Å²) in [5.41, 5.74) is 6.77. The Morgan fingerprint density at radius 1 is 1.05 bits per heavy atom. The molecule has 1 aliphatic heterocycles. The summed E-state index contributed by atoms with van der Waals surface area (Å²) < 4.78 is 0. The summed E-state index contributed by atoms with van der Waals surface area (Å²) in [6.07, 6.45) is 6.84. The van der Waals surface area contributed by atoms with Crippen LogP contribution < -0.4 is 5.50 Å². The number of hydrogen-bond donors (Lipinski definition) is 1.